The van der Waals surface area contributed by atoms with E-state index in [-0.39, 0.29) is 25.2 Å². The summed E-state index contributed by atoms with van der Waals surface area (Å²) in [7, 11) is 0. The van der Waals surface area contributed by atoms with Gasteiger partial charge in [-0.05, 0) is 40.2 Å². The van der Waals surface area contributed by atoms with Gasteiger partial charge in [-0.15, -0.1) is 0 Å². The number of nitrogens with one attached hydrogen (secondary N) is 2. The van der Waals surface area contributed by atoms with Crippen LogP contribution in [0.2, 0.25) is 0 Å². The van der Waals surface area contributed by atoms with Crippen LogP contribution < -0.4 is 10.6 Å². The molecule has 0 fully saturated rings. The van der Waals surface area contributed by atoms with Crippen molar-refractivity contribution < 1.29 is 14.9 Å². The number of hydrogen-bond donors (Lipinski definition) is 4. The zero-order valence-corrected chi connectivity index (χ0v) is 15.2. The fourth-order valence-corrected chi connectivity index (χ4v) is 1.54. The molecular weight excluding hydrogens is 304 g/mol. The second-order valence-corrected chi connectivity index (χ2v) is 6.76. The third-order valence-corrected chi connectivity index (χ3v) is 2.68. The first-order chi connectivity index (χ1) is 10.7. The van der Waals surface area contributed by atoms with Crippen LogP contribution in [0.15, 0.2) is 30.3 Å². The van der Waals surface area contributed by atoms with Gasteiger partial charge in [0.1, 0.15) is 0 Å². The fraction of sp³-hybridized carbons (Fsp3) is 0.684. The molecule has 0 heterocycles. The lowest BCUT2D eigenvalue weighted by molar-refractivity contribution is 0.0903. The van der Waals surface area contributed by atoms with E-state index in [0.717, 1.165) is 5.56 Å². The lowest BCUT2D eigenvalue weighted by atomic mass is 10.1. The van der Waals surface area contributed by atoms with Crippen molar-refractivity contribution in [1.29, 1.82) is 0 Å². The highest BCUT2D eigenvalue weighted by Crippen LogP contribution is 1.99. The number of hydrogen-bond acceptors (Lipinski definition) is 5. The Morgan fingerprint density at radius 1 is 1.00 bits per heavy atom. The van der Waals surface area contributed by atoms with E-state index in [4.69, 9.17) is 14.9 Å². The molecule has 0 aliphatic heterocycles. The molecule has 0 radical (unpaired) electrons. The predicted octanol–water partition coefficient (Wildman–Crippen LogP) is 2.52. The summed E-state index contributed by atoms with van der Waals surface area (Å²) in [6, 6.07) is 10.0. The summed E-state index contributed by atoms with van der Waals surface area (Å²) in [5.41, 5.74) is 1.28. The molecule has 4 N–H and O–H groups in total. The van der Waals surface area contributed by atoms with E-state index in [1.54, 1.807) is 13.8 Å². The van der Waals surface area contributed by atoms with Gasteiger partial charge in [-0.1, -0.05) is 37.8 Å². The molecule has 0 aliphatic carbocycles. The highest BCUT2D eigenvalue weighted by Gasteiger charge is 2.08. The van der Waals surface area contributed by atoms with Crippen LogP contribution >= 0.6 is 0 Å². The number of ether oxygens (including phenoxy) is 1. The summed E-state index contributed by atoms with van der Waals surface area (Å²) in [6.45, 7) is 12.1. The number of rotatable bonds is 8. The van der Waals surface area contributed by atoms with E-state index in [2.05, 4.69) is 31.4 Å². The highest BCUT2D eigenvalue weighted by atomic mass is 16.5. The van der Waals surface area contributed by atoms with Crippen LogP contribution in [0.5, 0.6) is 0 Å². The van der Waals surface area contributed by atoms with Gasteiger partial charge in [0.25, 0.3) is 0 Å². The molecule has 2 unspecified atom stereocenters. The monoisotopic (exact) mass is 342 g/mol. The lowest BCUT2D eigenvalue weighted by Gasteiger charge is -2.21. The Hall–Kier alpha value is -0.980. The number of aliphatic hydroxyl groups excluding tert-OH is 2. The van der Waals surface area contributed by atoms with Gasteiger partial charge in [0.2, 0.25) is 0 Å². The summed E-state index contributed by atoms with van der Waals surface area (Å²) >= 11 is 0. The smallest absolute Gasteiger partial charge is 0.0970 e. The van der Waals surface area contributed by atoms with E-state index >= 15 is 0 Å². The summed E-state index contributed by atoms with van der Waals surface area (Å²) in [5, 5.41) is 24.0. The number of β-amino-alcohol motifs (C(OH)–C–C–N with tert-alkyl or cyclic N) is 1. The number of benzene rings is 1. The Morgan fingerprint density at radius 3 is 1.96 bits per heavy atom. The standard InChI is InChI=1S/C11H17NO2.C7H17NO.CH4/c1-10(13)7-12-9-14-8-11-5-3-2-4-6-11;1-6(9)5-8-7(2,3)4;/h2-6,10,12-13H,7-9H2,1H3;6,8-9H,5H2,1-4H3;1H4. The Kier molecular flexibility index (Phi) is 15.1. The van der Waals surface area contributed by atoms with Gasteiger partial charge in [-0.3, -0.25) is 5.32 Å². The Bertz CT molecular complexity index is 376. The van der Waals surface area contributed by atoms with E-state index < -0.39 is 0 Å². The van der Waals surface area contributed by atoms with Crippen molar-refractivity contribution in [2.75, 3.05) is 19.8 Å². The highest BCUT2D eigenvalue weighted by molar-refractivity contribution is 5.13. The molecule has 0 saturated carbocycles. The largest absolute Gasteiger partial charge is 0.392 e. The molecule has 0 amide bonds. The third-order valence-electron chi connectivity index (χ3n) is 2.68. The van der Waals surface area contributed by atoms with E-state index in [0.29, 0.717) is 26.4 Å². The maximum absolute atomic E-state index is 8.95. The van der Waals surface area contributed by atoms with Gasteiger partial charge >= 0.3 is 0 Å². The Labute approximate surface area is 148 Å². The van der Waals surface area contributed by atoms with Crippen LogP contribution in [-0.4, -0.2) is 47.8 Å². The SMILES string of the molecule is C.CC(O)CNC(C)(C)C.CC(O)CNCOCc1ccccc1. The average molecular weight is 343 g/mol. The zero-order valence-electron chi connectivity index (χ0n) is 15.2. The summed E-state index contributed by atoms with van der Waals surface area (Å²) < 4.78 is 5.35. The molecule has 2 atom stereocenters. The van der Waals surface area contributed by atoms with Crippen LogP contribution in [0.1, 0.15) is 47.6 Å². The Balaban J connectivity index is 0. The van der Waals surface area contributed by atoms with Crippen molar-refractivity contribution in [1.82, 2.24) is 10.6 Å². The maximum Gasteiger partial charge on any atom is 0.0970 e. The predicted molar refractivity (Wildman–Crippen MR) is 102 cm³/mol. The molecule has 0 saturated heterocycles. The lowest BCUT2D eigenvalue weighted by Crippen LogP contribution is -2.39. The minimum atomic E-state index is -0.324. The van der Waals surface area contributed by atoms with Crippen molar-refractivity contribution in [3.8, 4) is 0 Å². The zero-order chi connectivity index (χ0) is 17.7. The molecular formula is C19H38N2O3. The van der Waals surface area contributed by atoms with Crippen LogP contribution in [0.3, 0.4) is 0 Å². The van der Waals surface area contributed by atoms with Gasteiger partial charge < -0.3 is 20.3 Å². The van der Waals surface area contributed by atoms with Crippen LogP contribution in [0.4, 0.5) is 0 Å². The third kappa shape index (κ3) is 19.1. The van der Waals surface area contributed by atoms with Gasteiger partial charge in [0.05, 0.1) is 25.5 Å². The normalized spacial score (nSPS) is 13.3. The van der Waals surface area contributed by atoms with E-state index in [9.17, 15) is 0 Å². The van der Waals surface area contributed by atoms with Crippen molar-refractivity contribution in [3.63, 3.8) is 0 Å². The fourth-order valence-electron chi connectivity index (χ4n) is 1.54. The van der Waals surface area contributed by atoms with Gasteiger partial charge in [-0.25, -0.2) is 0 Å². The second-order valence-electron chi connectivity index (χ2n) is 6.76. The first-order valence-corrected chi connectivity index (χ1v) is 8.14. The molecule has 24 heavy (non-hydrogen) atoms. The molecule has 5 heteroatoms. The topological polar surface area (TPSA) is 73.8 Å². The van der Waals surface area contributed by atoms with E-state index in [1.165, 1.54) is 0 Å². The number of aliphatic hydroxyl groups is 2. The minimum absolute atomic E-state index is 0. The van der Waals surface area contributed by atoms with Crippen molar-refractivity contribution in [2.24, 2.45) is 0 Å². The first kappa shape index (κ1) is 25.3. The molecule has 0 aromatic heterocycles. The molecule has 142 valence electrons. The summed E-state index contributed by atoms with van der Waals surface area (Å²) in [5.74, 6) is 0. The molecule has 1 rings (SSSR count). The molecule has 0 bridgehead atoms. The molecule has 0 aliphatic rings. The van der Waals surface area contributed by atoms with Crippen LogP contribution in [0.25, 0.3) is 0 Å². The van der Waals surface area contributed by atoms with Crippen LogP contribution in [-0.2, 0) is 11.3 Å². The first-order valence-electron chi connectivity index (χ1n) is 8.14. The van der Waals surface area contributed by atoms with Gasteiger partial charge in [-0.2, -0.15) is 0 Å². The Morgan fingerprint density at radius 2 is 1.54 bits per heavy atom. The van der Waals surface area contributed by atoms with E-state index in [1.807, 2.05) is 30.3 Å². The molecule has 5 nitrogen and oxygen atoms in total. The maximum atomic E-state index is 8.95. The quantitative estimate of drug-likeness (QED) is 0.431. The molecule has 0 spiro atoms. The average Bonchev–Trinajstić information content (AvgIpc) is 2.46. The van der Waals surface area contributed by atoms with Gasteiger partial charge in [0.15, 0.2) is 0 Å². The van der Waals surface area contributed by atoms with Crippen molar-refractivity contribution >= 4 is 0 Å². The van der Waals surface area contributed by atoms with Gasteiger partial charge in [0, 0.05) is 18.6 Å². The molecule has 1 aromatic carbocycles. The van der Waals surface area contributed by atoms with Crippen molar-refractivity contribution in [3.05, 3.63) is 35.9 Å². The van der Waals surface area contributed by atoms with Crippen LogP contribution in [0, 0.1) is 0 Å². The summed E-state index contributed by atoms with van der Waals surface area (Å²) in [4.78, 5) is 0. The molecule has 1 aromatic rings. The second kappa shape index (κ2) is 14.4. The van der Waals surface area contributed by atoms with Crippen molar-refractivity contribution in [2.45, 2.75) is 66.4 Å². The minimum Gasteiger partial charge on any atom is -0.392 e. The summed E-state index contributed by atoms with van der Waals surface area (Å²) in [6.07, 6.45) is -0.570.